The molecule has 0 atom stereocenters. The number of aryl methyl sites for hydroxylation is 1. The van der Waals surface area contributed by atoms with E-state index in [9.17, 15) is 4.79 Å². The van der Waals surface area contributed by atoms with Crippen LogP contribution in [-0.2, 0) is 6.42 Å². The van der Waals surface area contributed by atoms with Gasteiger partial charge < -0.3 is 0 Å². The first-order valence-electron chi connectivity index (χ1n) is 6.39. The van der Waals surface area contributed by atoms with Crippen molar-refractivity contribution in [3.05, 3.63) is 71.3 Å². The number of hydrogen-bond acceptors (Lipinski definition) is 1. The van der Waals surface area contributed by atoms with Gasteiger partial charge in [0.25, 0.3) is 0 Å². The number of Topliss-reactive ketones (excluding diaryl/α,β-unsaturated/α-hetero) is 1. The van der Waals surface area contributed by atoms with Gasteiger partial charge in [0.2, 0.25) is 0 Å². The summed E-state index contributed by atoms with van der Waals surface area (Å²) in [5, 5.41) is 0. The molecule has 0 unspecified atom stereocenters. The maximum Gasteiger partial charge on any atom is 0.167 e. The van der Waals surface area contributed by atoms with Gasteiger partial charge in [-0.25, -0.2) is 0 Å². The molecule has 20 heavy (non-hydrogen) atoms. The molecular weight excluding hydrogens is 244 g/mol. The molecule has 0 N–H and O–H groups in total. The van der Waals surface area contributed by atoms with E-state index in [-0.39, 0.29) is 20.6 Å². The predicted octanol–water partition coefficient (Wildman–Crippen LogP) is 5.72. The summed E-state index contributed by atoms with van der Waals surface area (Å²) in [6, 6.07) is 17.5. The van der Waals surface area contributed by atoms with Crippen LogP contribution in [0.5, 0.6) is 0 Å². The fourth-order valence-corrected chi connectivity index (χ4v) is 1.62. The average molecular weight is 272 g/mol. The molecule has 0 bridgehead atoms. The van der Waals surface area contributed by atoms with Crippen LogP contribution >= 0.6 is 0 Å². The molecule has 2 aromatic carbocycles. The minimum Gasteiger partial charge on any atom is -0.294 e. The van der Waals surface area contributed by atoms with Crippen molar-refractivity contribution in [1.82, 2.24) is 0 Å². The van der Waals surface area contributed by atoms with Crippen LogP contribution in [0.25, 0.3) is 0 Å². The monoisotopic (exact) mass is 272 g/mol. The fourth-order valence-electron chi connectivity index (χ4n) is 1.62. The van der Waals surface area contributed by atoms with Crippen LogP contribution in [0.15, 0.2) is 54.6 Å². The third-order valence-corrected chi connectivity index (χ3v) is 2.58. The second kappa shape index (κ2) is 11.0. The molecule has 110 valence electrons. The number of hydrogen-bond donors (Lipinski definition) is 0. The molecular formula is C19H28O. The molecule has 0 fully saturated rings. The van der Waals surface area contributed by atoms with E-state index < -0.39 is 0 Å². The quantitative estimate of drug-likeness (QED) is 0.653. The van der Waals surface area contributed by atoms with Gasteiger partial charge in [-0.1, -0.05) is 88.9 Å². The smallest absolute Gasteiger partial charge is 0.167 e. The van der Waals surface area contributed by atoms with Crippen molar-refractivity contribution in [2.24, 2.45) is 0 Å². The topological polar surface area (TPSA) is 17.1 Å². The molecule has 1 nitrogen and oxygen atoms in total. The molecule has 0 aromatic heterocycles. The number of carbonyl (C=O) groups excluding carboxylic acids is 1. The van der Waals surface area contributed by atoms with Crippen LogP contribution in [0.1, 0.15) is 50.2 Å². The highest BCUT2D eigenvalue weighted by Crippen LogP contribution is 2.08. The number of ketones is 1. The first kappa shape index (κ1) is 20.4. The summed E-state index contributed by atoms with van der Waals surface area (Å²) in [6.07, 6.45) is 0.476. The van der Waals surface area contributed by atoms with Crippen molar-refractivity contribution in [1.29, 1.82) is 0 Å². The molecule has 0 spiro atoms. The van der Waals surface area contributed by atoms with E-state index in [1.54, 1.807) is 0 Å². The van der Waals surface area contributed by atoms with Gasteiger partial charge in [-0.15, -0.1) is 0 Å². The maximum absolute atomic E-state index is 11.9. The predicted molar refractivity (Wildman–Crippen MR) is 90.5 cm³/mol. The zero-order valence-electron chi connectivity index (χ0n) is 11.3. The Labute approximate surface area is 124 Å². The molecule has 2 aromatic rings. The highest BCUT2D eigenvalue weighted by Gasteiger charge is 2.05. The molecule has 1 heteroatoms. The Morgan fingerprint density at radius 2 is 1.35 bits per heavy atom. The van der Waals surface area contributed by atoms with E-state index in [1.165, 1.54) is 5.56 Å². The molecule has 0 aliphatic heterocycles. The Hall–Kier alpha value is -1.89. The summed E-state index contributed by atoms with van der Waals surface area (Å²) in [7, 11) is 0. The summed E-state index contributed by atoms with van der Waals surface area (Å²) in [5.74, 6) is 0.172. The molecule has 0 saturated heterocycles. The first-order valence-corrected chi connectivity index (χ1v) is 6.39. The second-order valence-corrected chi connectivity index (χ2v) is 3.95. The largest absolute Gasteiger partial charge is 0.294 e. The van der Waals surface area contributed by atoms with Gasteiger partial charge in [0, 0.05) is 12.0 Å². The van der Waals surface area contributed by atoms with Crippen LogP contribution < -0.4 is 0 Å². The van der Waals surface area contributed by atoms with Crippen molar-refractivity contribution in [3.63, 3.8) is 0 Å². The average Bonchev–Trinajstić information content (AvgIpc) is 2.43. The zero-order valence-corrected chi connectivity index (χ0v) is 11.3. The van der Waals surface area contributed by atoms with Crippen LogP contribution in [-0.4, -0.2) is 5.78 Å². The van der Waals surface area contributed by atoms with Crippen molar-refractivity contribution in [2.45, 2.75) is 42.0 Å². The van der Waals surface area contributed by atoms with Gasteiger partial charge in [-0.05, 0) is 12.5 Å². The zero-order chi connectivity index (χ0) is 13.4. The first-order chi connectivity index (χ1) is 8.75. The molecule has 0 heterocycles. The molecule has 0 radical (unpaired) electrons. The van der Waals surface area contributed by atoms with Crippen molar-refractivity contribution < 1.29 is 4.79 Å². The van der Waals surface area contributed by atoms with E-state index in [1.807, 2.05) is 75.4 Å². The summed E-state index contributed by atoms with van der Waals surface area (Å²) in [5.41, 5.74) is 3.03. The normalized spacial score (nSPS) is 8.35. The SMILES string of the molecule is C.C.CC.Cc1ccc(C(=O)Cc2ccccc2)cc1. The third kappa shape index (κ3) is 6.33. The molecule has 0 aliphatic rings. The van der Waals surface area contributed by atoms with E-state index in [0.29, 0.717) is 6.42 Å². The van der Waals surface area contributed by atoms with E-state index in [2.05, 4.69) is 0 Å². The standard InChI is InChI=1S/C15H14O.C2H6.2CH4/c1-12-7-9-14(10-8-12)15(16)11-13-5-3-2-4-6-13;1-2;;/h2-10H,11H2,1H3;1-2H3;2*1H4. The van der Waals surface area contributed by atoms with E-state index >= 15 is 0 Å². The van der Waals surface area contributed by atoms with Gasteiger partial charge in [-0.3, -0.25) is 4.79 Å². The van der Waals surface area contributed by atoms with Gasteiger partial charge in [-0.2, -0.15) is 0 Å². The summed E-state index contributed by atoms with van der Waals surface area (Å²) < 4.78 is 0. The Morgan fingerprint density at radius 1 is 0.850 bits per heavy atom. The summed E-state index contributed by atoms with van der Waals surface area (Å²) in [6.45, 7) is 6.02. The summed E-state index contributed by atoms with van der Waals surface area (Å²) in [4.78, 5) is 11.9. The lowest BCUT2D eigenvalue weighted by atomic mass is 10.0. The van der Waals surface area contributed by atoms with Gasteiger partial charge in [0.1, 0.15) is 0 Å². The Morgan fingerprint density at radius 3 is 1.85 bits per heavy atom. The van der Waals surface area contributed by atoms with Gasteiger partial charge in [0.15, 0.2) is 5.78 Å². The minimum atomic E-state index is 0. The lowest BCUT2D eigenvalue weighted by molar-refractivity contribution is 0.0993. The van der Waals surface area contributed by atoms with Crippen molar-refractivity contribution in [3.8, 4) is 0 Å². The molecule has 2 rings (SSSR count). The van der Waals surface area contributed by atoms with Crippen LogP contribution in [0.3, 0.4) is 0 Å². The number of benzene rings is 2. The minimum absolute atomic E-state index is 0. The highest BCUT2D eigenvalue weighted by molar-refractivity contribution is 5.97. The van der Waals surface area contributed by atoms with Crippen LogP contribution in [0, 0.1) is 6.92 Å². The van der Waals surface area contributed by atoms with Gasteiger partial charge >= 0.3 is 0 Å². The van der Waals surface area contributed by atoms with Gasteiger partial charge in [0.05, 0.1) is 0 Å². The van der Waals surface area contributed by atoms with E-state index in [4.69, 9.17) is 0 Å². The molecule has 0 aliphatic carbocycles. The van der Waals surface area contributed by atoms with Crippen LogP contribution in [0.2, 0.25) is 0 Å². The Bertz CT molecular complexity index is 469. The number of rotatable bonds is 3. The second-order valence-electron chi connectivity index (χ2n) is 3.95. The fraction of sp³-hybridized carbons (Fsp3) is 0.316. The molecule has 0 amide bonds. The van der Waals surface area contributed by atoms with Crippen molar-refractivity contribution in [2.75, 3.05) is 0 Å². The third-order valence-electron chi connectivity index (χ3n) is 2.58. The lowest BCUT2D eigenvalue weighted by Crippen LogP contribution is -2.03. The summed E-state index contributed by atoms with van der Waals surface area (Å²) >= 11 is 0. The number of carbonyl (C=O) groups is 1. The maximum atomic E-state index is 11.9. The highest BCUT2D eigenvalue weighted by atomic mass is 16.1. The van der Waals surface area contributed by atoms with E-state index in [0.717, 1.165) is 11.1 Å². The van der Waals surface area contributed by atoms with Crippen LogP contribution in [0.4, 0.5) is 0 Å². The Kier molecular flexibility index (Phi) is 11.2. The molecule has 0 saturated carbocycles. The Balaban J connectivity index is 0. The van der Waals surface area contributed by atoms with Crippen molar-refractivity contribution >= 4 is 5.78 Å². The lowest BCUT2D eigenvalue weighted by Gasteiger charge is -2.01.